The van der Waals surface area contributed by atoms with Crippen LogP contribution in [0.4, 0.5) is 5.69 Å². The van der Waals surface area contributed by atoms with Gasteiger partial charge < -0.3 is 4.74 Å². The molecule has 0 radical (unpaired) electrons. The van der Waals surface area contributed by atoms with Crippen LogP contribution in [0.25, 0.3) is 5.69 Å². The minimum atomic E-state index is -3.77. The van der Waals surface area contributed by atoms with Crippen molar-refractivity contribution in [3.63, 3.8) is 0 Å². The van der Waals surface area contributed by atoms with Gasteiger partial charge in [-0.25, -0.2) is 13.1 Å². The van der Waals surface area contributed by atoms with Gasteiger partial charge in [-0.1, -0.05) is 30.3 Å². The van der Waals surface area contributed by atoms with Crippen molar-refractivity contribution in [3.8, 4) is 11.4 Å². The van der Waals surface area contributed by atoms with E-state index in [2.05, 4.69) is 9.82 Å². The van der Waals surface area contributed by atoms with Gasteiger partial charge in [-0.2, -0.15) is 5.10 Å². The molecule has 27 heavy (non-hydrogen) atoms. The van der Waals surface area contributed by atoms with Crippen LogP contribution in [0.2, 0.25) is 0 Å². The average molecular weight is 383 g/mol. The number of benzene rings is 2. The SMILES string of the molecule is O=S(=O)(Nc1ccccc1OC1CCCC1)c1cnn(-c2ccccc2)c1. The number of ether oxygens (including phenoxy) is 1. The molecule has 0 unspecified atom stereocenters. The van der Waals surface area contributed by atoms with Crippen LogP contribution in [-0.4, -0.2) is 24.3 Å². The van der Waals surface area contributed by atoms with Gasteiger partial charge in [0.25, 0.3) is 10.0 Å². The molecule has 0 amide bonds. The van der Waals surface area contributed by atoms with Crippen molar-refractivity contribution in [3.05, 3.63) is 67.0 Å². The molecular weight excluding hydrogens is 362 g/mol. The maximum absolute atomic E-state index is 12.8. The Balaban J connectivity index is 1.56. The molecule has 7 heteroatoms. The Morgan fingerprint density at radius 3 is 2.48 bits per heavy atom. The number of anilines is 1. The summed E-state index contributed by atoms with van der Waals surface area (Å²) in [6.45, 7) is 0. The predicted molar refractivity (Wildman–Crippen MR) is 104 cm³/mol. The van der Waals surface area contributed by atoms with E-state index >= 15 is 0 Å². The lowest BCUT2D eigenvalue weighted by Crippen LogP contribution is -2.16. The lowest BCUT2D eigenvalue weighted by molar-refractivity contribution is 0.211. The Morgan fingerprint density at radius 2 is 1.70 bits per heavy atom. The van der Waals surface area contributed by atoms with Gasteiger partial charge in [-0.3, -0.25) is 4.72 Å². The van der Waals surface area contributed by atoms with Crippen LogP contribution >= 0.6 is 0 Å². The summed E-state index contributed by atoms with van der Waals surface area (Å²) in [5, 5.41) is 4.17. The van der Waals surface area contributed by atoms with E-state index in [1.165, 1.54) is 17.1 Å². The number of hydrogen-bond acceptors (Lipinski definition) is 4. The zero-order valence-electron chi connectivity index (χ0n) is 14.8. The number of nitrogens with zero attached hydrogens (tertiary/aromatic N) is 2. The molecule has 3 aromatic rings. The molecular formula is C20H21N3O3S. The summed E-state index contributed by atoms with van der Waals surface area (Å²) >= 11 is 0. The van der Waals surface area contributed by atoms with Crippen molar-refractivity contribution >= 4 is 15.7 Å². The lowest BCUT2D eigenvalue weighted by Gasteiger charge is -2.17. The zero-order chi connectivity index (χ0) is 18.7. The van der Waals surface area contributed by atoms with Crippen molar-refractivity contribution in [1.29, 1.82) is 0 Å². The monoisotopic (exact) mass is 383 g/mol. The van der Waals surface area contributed by atoms with Gasteiger partial charge in [0, 0.05) is 0 Å². The minimum absolute atomic E-state index is 0.0991. The first-order valence-electron chi connectivity index (χ1n) is 9.00. The maximum atomic E-state index is 12.8. The molecule has 0 spiro atoms. The third kappa shape index (κ3) is 3.98. The quantitative estimate of drug-likeness (QED) is 0.698. The Bertz CT molecular complexity index is 1010. The standard InChI is InChI=1S/C20H21N3O3S/c24-27(25,18-14-21-23(15-18)16-8-2-1-3-9-16)22-19-12-6-7-13-20(19)26-17-10-4-5-11-17/h1-3,6-9,12-15,17,22H,4-5,10-11H2. The molecule has 0 aliphatic heterocycles. The molecule has 1 fully saturated rings. The van der Waals surface area contributed by atoms with E-state index in [-0.39, 0.29) is 11.0 Å². The van der Waals surface area contributed by atoms with Gasteiger partial charge in [-0.05, 0) is 49.9 Å². The molecule has 1 aromatic heterocycles. The topological polar surface area (TPSA) is 73.2 Å². The first kappa shape index (κ1) is 17.6. The molecule has 0 saturated heterocycles. The van der Waals surface area contributed by atoms with E-state index < -0.39 is 10.0 Å². The van der Waals surface area contributed by atoms with Crippen molar-refractivity contribution < 1.29 is 13.2 Å². The third-order valence-corrected chi connectivity index (χ3v) is 5.94. The summed E-state index contributed by atoms with van der Waals surface area (Å²) in [6.07, 6.45) is 7.30. The van der Waals surface area contributed by atoms with Crippen LogP contribution in [0, 0.1) is 0 Å². The highest BCUT2D eigenvalue weighted by Crippen LogP contribution is 2.31. The Kier molecular flexibility index (Phi) is 4.85. The molecule has 0 atom stereocenters. The number of nitrogens with one attached hydrogen (secondary N) is 1. The second-order valence-corrected chi connectivity index (χ2v) is 8.26. The lowest BCUT2D eigenvalue weighted by atomic mass is 10.2. The summed E-state index contributed by atoms with van der Waals surface area (Å²) in [5.41, 5.74) is 1.24. The van der Waals surface area contributed by atoms with Gasteiger partial charge >= 0.3 is 0 Å². The van der Waals surface area contributed by atoms with Crippen LogP contribution in [0.5, 0.6) is 5.75 Å². The average Bonchev–Trinajstić information content (AvgIpc) is 3.36. The molecule has 1 N–H and O–H groups in total. The highest BCUT2D eigenvalue weighted by atomic mass is 32.2. The second-order valence-electron chi connectivity index (χ2n) is 6.58. The molecule has 140 valence electrons. The molecule has 2 aromatic carbocycles. The maximum Gasteiger partial charge on any atom is 0.265 e. The fourth-order valence-corrected chi connectivity index (χ4v) is 4.21. The number of hydrogen-bond donors (Lipinski definition) is 1. The molecule has 1 saturated carbocycles. The molecule has 1 heterocycles. The van der Waals surface area contributed by atoms with Crippen LogP contribution in [-0.2, 0) is 10.0 Å². The highest BCUT2D eigenvalue weighted by molar-refractivity contribution is 7.92. The van der Waals surface area contributed by atoms with Gasteiger partial charge in [0.2, 0.25) is 0 Å². The van der Waals surface area contributed by atoms with E-state index in [0.717, 1.165) is 31.4 Å². The van der Waals surface area contributed by atoms with Gasteiger partial charge in [-0.15, -0.1) is 0 Å². The van der Waals surface area contributed by atoms with Crippen LogP contribution < -0.4 is 9.46 Å². The molecule has 0 bridgehead atoms. The normalized spacial score (nSPS) is 15.0. The smallest absolute Gasteiger partial charge is 0.265 e. The first-order valence-corrected chi connectivity index (χ1v) is 10.5. The fourth-order valence-electron chi connectivity index (χ4n) is 3.21. The van der Waals surface area contributed by atoms with E-state index in [1.54, 1.807) is 18.2 Å². The van der Waals surface area contributed by atoms with Crippen molar-refractivity contribution in [2.45, 2.75) is 36.7 Å². The van der Waals surface area contributed by atoms with Crippen molar-refractivity contribution in [2.75, 3.05) is 4.72 Å². The van der Waals surface area contributed by atoms with E-state index in [0.29, 0.717) is 11.4 Å². The summed E-state index contributed by atoms with van der Waals surface area (Å²) in [7, 11) is -3.77. The predicted octanol–water partition coefficient (Wildman–Crippen LogP) is 3.99. The summed E-state index contributed by atoms with van der Waals surface area (Å²) in [4.78, 5) is 0.0991. The number of aromatic nitrogens is 2. The van der Waals surface area contributed by atoms with Crippen LogP contribution in [0.1, 0.15) is 25.7 Å². The first-order chi connectivity index (χ1) is 13.1. The Morgan fingerprint density at radius 1 is 1.00 bits per heavy atom. The van der Waals surface area contributed by atoms with Crippen LogP contribution in [0.3, 0.4) is 0 Å². The minimum Gasteiger partial charge on any atom is -0.488 e. The number of rotatable bonds is 6. The largest absolute Gasteiger partial charge is 0.488 e. The Labute approximate surface area is 158 Å². The molecule has 4 rings (SSSR count). The number of para-hydroxylation sites is 3. The fraction of sp³-hybridized carbons (Fsp3) is 0.250. The zero-order valence-corrected chi connectivity index (χ0v) is 15.6. The molecule has 1 aliphatic carbocycles. The van der Waals surface area contributed by atoms with Crippen LogP contribution in [0.15, 0.2) is 71.9 Å². The van der Waals surface area contributed by atoms with E-state index in [9.17, 15) is 8.42 Å². The summed E-state index contributed by atoms with van der Waals surface area (Å²) in [6, 6.07) is 16.5. The third-order valence-electron chi connectivity index (χ3n) is 4.62. The van der Waals surface area contributed by atoms with E-state index in [1.807, 2.05) is 36.4 Å². The van der Waals surface area contributed by atoms with Crippen molar-refractivity contribution in [1.82, 2.24) is 9.78 Å². The summed E-state index contributed by atoms with van der Waals surface area (Å²) in [5.74, 6) is 0.559. The van der Waals surface area contributed by atoms with Gasteiger partial charge in [0.15, 0.2) is 0 Å². The molecule has 1 aliphatic rings. The van der Waals surface area contributed by atoms with Gasteiger partial charge in [0.1, 0.15) is 10.6 Å². The van der Waals surface area contributed by atoms with Gasteiger partial charge in [0.05, 0.1) is 29.9 Å². The second kappa shape index (κ2) is 7.44. The number of sulfonamides is 1. The highest BCUT2D eigenvalue weighted by Gasteiger charge is 2.21. The summed E-state index contributed by atoms with van der Waals surface area (Å²) < 4.78 is 35.8. The molecule has 6 nitrogen and oxygen atoms in total. The van der Waals surface area contributed by atoms with E-state index in [4.69, 9.17) is 4.74 Å². The van der Waals surface area contributed by atoms with Crippen molar-refractivity contribution in [2.24, 2.45) is 0 Å². The Hall–Kier alpha value is -2.80.